The molecule has 1 aliphatic rings. The summed E-state index contributed by atoms with van der Waals surface area (Å²) in [6.45, 7) is 7.94. The first-order valence-corrected chi connectivity index (χ1v) is 4.40. The summed E-state index contributed by atoms with van der Waals surface area (Å²) in [5.74, 6) is 0.0972. The fourth-order valence-corrected chi connectivity index (χ4v) is 1.92. The van der Waals surface area contributed by atoms with Crippen LogP contribution in [0, 0.1) is 39.4 Å². The van der Waals surface area contributed by atoms with Crippen molar-refractivity contribution in [3.05, 3.63) is 11.6 Å². The summed E-state index contributed by atoms with van der Waals surface area (Å²) >= 11 is 0. The molecule has 1 unspecified atom stereocenters. The Bertz CT molecular complexity index is 318. The number of allylic oxidation sites excluding steroid dienone is 2. The number of nitriles is 2. The van der Waals surface area contributed by atoms with Gasteiger partial charge in [-0.2, -0.15) is 10.5 Å². The SMILES string of the molecule is CC(C)=CC1C(C)(C)C1(C#N)C#N. The van der Waals surface area contributed by atoms with Gasteiger partial charge in [0.05, 0.1) is 12.1 Å². The van der Waals surface area contributed by atoms with Crippen LogP contribution in [0.4, 0.5) is 0 Å². The van der Waals surface area contributed by atoms with Crippen LogP contribution in [0.3, 0.4) is 0 Å². The predicted octanol–water partition coefficient (Wildman–Crippen LogP) is 2.64. The van der Waals surface area contributed by atoms with E-state index in [1.54, 1.807) is 0 Å². The van der Waals surface area contributed by atoms with Gasteiger partial charge in [0.25, 0.3) is 0 Å². The van der Waals surface area contributed by atoms with Gasteiger partial charge in [0.1, 0.15) is 0 Å². The van der Waals surface area contributed by atoms with Crippen molar-refractivity contribution in [2.75, 3.05) is 0 Å². The van der Waals surface area contributed by atoms with Crippen LogP contribution in [0.5, 0.6) is 0 Å². The van der Waals surface area contributed by atoms with Crippen LogP contribution in [0.25, 0.3) is 0 Å². The van der Waals surface area contributed by atoms with Gasteiger partial charge in [-0.15, -0.1) is 0 Å². The maximum atomic E-state index is 8.97. The minimum atomic E-state index is -0.787. The van der Waals surface area contributed by atoms with E-state index < -0.39 is 5.41 Å². The molecule has 68 valence electrons. The highest BCUT2D eigenvalue weighted by atomic mass is 14.7. The van der Waals surface area contributed by atoms with Gasteiger partial charge in [0.15, 0.2) is 5.41 Å². The van der Waals surface area contributed by atoms with Crippen molar-refractivity contribution in [2.24, 2.45) is 16.7 Å². The first-order valence-electron chi connectivity index (χ1n) is 4.40. The molecule has 1 saturated carbocycles. The topological polar surface area (TPSA) is 47.6 Å². The molecule has 0 saturated heterocycles. The Labute approximate surface area is 79.5 Å². The quantitative estimate of drug-likeness (QED) is 0.574. The molecule has 0 N–H and O–H groups in total. The lowest BCUT2D eigenvalue weighted by Gasteiger charge is -1.98. The second kappa shape index (κ2) is 2.60. The molecular formula is C11H14N2. The number of nitrogens with zero attached hydrogens (tertiary/aromatic N) is 2. The molecule has 0 aliphatic heterocycles. The molecular weight excluding hydrogens is 160 g/mol. The van der Waals surface area contributed by atoms with E-state index in [0.29, 0.717) is 0 Å². The minimum Gasteiger partial charge on any atom is -0.197 e. The lowest BCUT2D eigenvalue weighted by Crippen LogP contribution is -2.01. The molecule has 1 atom stereocenters. The van der Waals surface area contributed by atoms with E-state index >= 15 is 0 Å². The molecule has 0 aromatic heterocycles. The zero-order valence-electron chi connectivity index (χ0n) is 8.55. The minimum absolute atomic E-state index is 0.0972. The van der Waals surface area contributed by atoms with Crippen LogP contribution in [0.1, 0.15) is 27.7 Å². The van der Waals surface area contributed by atoms with Crippen molar-refractivity contribution in [1.82, 2.24) is 0 Å². The van der Waals surface area contributed by atoms with Gasteiger partial charge in [-0.1, -0.05) is 25.5 Å². The van der Waals surface area contributed by atoms with Crippen LogP contribution in [0.15, 0.2) is 11.6 Å². The molecule has 13 heavy (non-hydrogen) atoms. The molecule has 0 heterocycles. The third kappa shape index (κ3) is 1.06. The predicted molar refractivity (Wildman–Crippen MR) is 50.4 cm³/mol. The smallest absolute Gasteiger partial charge is 0.156 e. The molecule has 1 fully saturated rings. The standard InChI is InChI=1S/C11H14N2/c1-8(2)5-9-10(3,4)11(9,6-12)7-13/h5,9H,1-4H3. The number of rotatable bonds is 1. The Morgan fingerprint density at radius 1 is 1.23 bits per heavy atom. The summed E-state index contributed by atoms with van der Waals surface area (Å²) in [6.07, 6.45) is 2.03. The molecule has 1 aliphatic carbocycles. The number of hydrogen-bond donors (Lipinski definition) is 0. The number of hydrogen-bond acceptors (Lipinski definition) is 2. The van der Waals surface area contributed by atoms with Gasteiger partial charge in [-0.3, -0.25) is 0 Å². The molecule has 2 nitrogen and oxygen atoms in total. The fraction of sp³-hybridized carbons (Fsp3) is 0.636. The summed E-state index contributed by atoms with van der Waals surface area (Å²) in [4.78, 5) is 0. The van der Waals surface area contributed by atoms with Gasteiger partial charge in [0, 0.05) is 11.3 Å². The Morgan fingerprint density at radius 2 is 1.69 bits per heavy atom. The van der Waals surface area contributed by atoms with E-state index in [2.05, 4.69) is 12.1 Å². The van der Waals surface area contributed by atoms with Crippen molar-refractivity contribution in [1.29, 1.82) is 10.5 Å². The highest BCUT2D eigenvalue weighted by Crippen LogP contribution is 2.69. The Hall–Kier alpha value is -1.28. The van der Waals surface area contributed by atoms with Crippen LogP contribution in [0.2, 0.25) is 0 Å². The Kier molecular flexibility index (Phi) is 1.96. The van der Waals surface area contributed by atoms with Crippen molar-refractivity contribution in [3.63, 3.8) is 0 Å². The van der Waals surface area contributed by atoms with Crippen molar-refractivity contribution < 1.29 is 0 Å². The summed E-state index contributed by atoms with van der Waals surface area (Å²) in [6, 6.07) is 4.28. The van der Waals surface area contributed by atoms with Crippen molar-refractivity contribution in [3.8, 4) is 12.1 Å². The second-order valence-electron chi connectivity index (χ2n) is 4.47. The third-order valence-corrected chi connectivity index (χ3v) is 3.03. The molecule has 0 aromatic carbocycles. The average molecular weight is 174 g/mol. The third-order valence-electron chi connectivity index (χ3n) is 3.03. The van der Waals surface area contributed by atoms with E-state index in [0.717, 1.165) is 0 Å². The molecule has 0 radical (unpaired) electrons. The van der Waals surface area contributed by atoms with Gasteiger partial charge in [-0.05, 0) is 13.8 Å². The molecule has 0 spiro atoms. The normalized spacial score (nSPS) is 26.8. The van der Waals surface area contributed by atoms with E-state index in [-0.39, 0.29) is 11.3 Å². The maximum Gasteiger partial charge on any atom is 0.156 e. The second-order valence-corrected chi connectivity index (χ2v) is 4.47. The van der Waals surface area contributed by atoms with E-state index in [9.17, 15) is 0 Å². The largest absolute Gasteiger partial charge is 0.197 e. The van der Waals surface area contributed by atoms with Gasteiger partial charge in [-0.25, -0.2) is 0 Å². The van der Waals surface area contributed by atoms with Crippen molar-refractivity contribution in [2.45, 2.75) is 27.7 Å². The Morgan fingerprint density at radius 3 is 1.92 bits per heavy atom. The maximum absolute atomic E-state index is 8.97. The molecule has 0 bridgehead atoms. The van der Waals surface area contributed by atoms with Crippen LogP contribution in [-0.4, -0.2) is 0 Å². The van der Waals surface area contributed by atoms with Crippen molar-refractivity contribution >= 4 is 0 Å². The fourth-order valence-electron chi connectivity index (χ4n) is 1.92. The lowest BCUT2D eigenvalue weighted by molar-refractivity contribution is 0.549. The highest BCUT2D eigenvalue weighted by molar-refractivity contribution is 5.41. The molecule has 2 heteroatoms. The highest BCUT2D eigenvalue weighted by Gasteiger charge is 2.72. The zero-order valence-corrected chi connectivity index (χ0v) is 8.55. The zero-order chi connectivity index (χ0) is 10.3. The molecule has 1 rings (SSSR count). The van der Waals surface area contributed by atoms with E-state index in [1.807, 2.05) is 33.8 Å². The van der Waals surface area contributed by atoms with E-state index in [1.165, 1.54) is 5.57 Å². The van der Waals surface area contributed by atoms with Crippen LogP contribution in [-0.2, 0) is 0 Å². The lowest BCUT2D eigenvalue weighted by atomic mass is 10.00. The monoisotopic (exact) mass is 174 g/mol. The summed E-state index contributed by atoms with van der Waals surface area (Å²) in [5, 5.41) is 17.9. The van der Waals surface area contributed by atoms with Crippen LogP contribution >= 0.6 is 0 Å². The van der Waals surface area contributed by atoms with Gasteiger partial charge in [0.2, 0.25) is 0 Å². The summed E-state index contributed by atoms with van der Waals surface area (Å²) in [5.41, 5.74) is 0.198. The van der Waals surface area contributed by atoms with Crippen LogP contribution < -0.4 is 0 Å². The average Bonchev–Trinajstić information content (AvgIpc) is 2.48. The molecule has 0 aromatic rings. The molecule has 0 amide bonds. The van der Waals surface area contributed by atoms with E-state index in [4.69, 9.17) is 10.5 Å². The summed E-state index contributed by atoms with van der Waals surface area (Å²) < 4.78 is 0. The summed E-state index contributed by atoms with van der Waals surface area (Å²) in [7, 11) is 0. The van der Waals surface area contributed by atoms with Gasteiger partial charge >= 0.3 is 0 Å². The first-order chi connectivity index (χ1) is 5.92. The van der Waals surface area contributed by atoms with Gasteiger partial charge < -0.3 is 0 Å². The Balaban J connectivity index is 3.04. The first kappa shape index (κ1) is 9.81.